The monoisotopic (exact) mass is 398 g/mol. The molecule has 1 fully saturated rings. The summed E-state index contributed by atoms with van der Waals surface area (Å²) in [6, 6.07) is 20.1. The van der Waals surface area contributed by atoms with Crippen LogP contribution in [0.3, 0.4) is 0 Å². The molecule has 0 aromatic heterocycles. The maximum absolute atomic E-state index is 12.0. The highest BCUT2D eigenvalue weighted by molar-refractivity contribution is 5.72. The number of benzene rings is 2. The summed E-state index contributed by atoms with van der Waals surface area (Å²) in [5.41, 5.74) is 2.14. The molecule has 1 aliphatic heterocycles. The van der Waals surface area contributed by atoms with Gasteiger partial charge in [0, 0.05) is 0 Å². The van der Waals surface area contributed by atoms with Crippen molar-refractivity contribution in [1.82, 2.24) is 0 Å². The number of hydrogen-bond acceptors (Lipinski definition) is 4. The topological polar surface area (TPSA) is 60.2 Å². The quantitative estimate of drug-likeness (QED) is 0.635. The molecule has 3 rings (SSSR count). The molecule has 2 aromatic carbocycles. The lowest BCUT2D eigenvalue weighted by molar-refractivity contribution is -0.910. The predicted octanol–water partition coefficient (Wildman–Crippen LogP) is 2.01. The highest BCUT2D eigenvalue weighted by Gasteiger charge is 2.31. The average Bonchev–Trinajstić information content (AvgIpc) is 2.76. The summed E-state index contributed by atoms with van der Waals surface area (Å²) in [6.45, 7) is 4.77. The molecule has 1 heterocycles. The summed E-state index contributed by atoms with van der Waals surface area (Å²) in [7, 11) is 0. The lowest BCUT2D eigenvalue weighted by Gasteiger charge is -2.30. The third kappa shape index (κ3) is 6.39. The van der Waals surface area contributed by atoms with Gasteiger partial charge < -0.3 is 19.5 Å². The molecule has 2 N–H and O–H groups in total. The Morgan fingerprint density at radius 3 is 2.31 bits per heavy atom. The Balaban J connectivity index is 1.56. The van der Waals surface area contributed by atoms with Crippen LogP contribution in [0.15, 0.2) is 60.7 Å². The van der Waals surface area contributed by atoms with E-state index < -0.39 is 6.10 Å². The van der Waals surface area contributed by atoms with E-state index in [0.29, 0.717) is 13.2 Å². The average molecular weight is 399 g/mol. The minimum Gasteiger partial charge on any atom is -0.466 e. The van der Waals surface area contributed by atoms with E-state index in [2.05, 4.69) is 0 Å². The molecule has 0 bridgehead atoms. The van der Waals surface area contributed by atoms with Gasteiger partial charge in [-0.05, 0) is 30.9 Å². The van der Waals surface area contributed by atoms with Crippen LogP contribution in [-0.2, 0) is 14.3 Å². The number of carbonyl (C=O) groups is 1. The number of quaternary nitrogens is 1. The Hall–Kier alpha value is -2.21. The van der Waals surface area contributed by atoms with Crippen molar-refractivity contribution in [2.45, 2.75) is 32.0 Å². The van der Waals surface area contributed by atoms with Crippen molar-refractivity contribution < 1.29 is 24.3 Å². The van der Waals surface area contributed by atoms with Crippen molar-refractivity contribution in [1.29, 1.82) is 0 Å². The number of ether oxygens (including phenoxy) is 2. The highest BCUT2D eigenvalue weighted by atomic mass is 16.5. The maximum atomic E-state index is 12.0. The molecule has 2 aromatic rings. The van der Waals surface area contributed by atoms with Crippen LogP contribution in [0.4, 0.5) is 0 Å². The van der Waals surface area contributed by atoms with Gasteiger partial charge in [0.1, 0.15) is 24.7 Å². The smallest absolute Gasteiger partial charge is 0.314 e. The van der Waals surface area contributed by atoms with Crippen LogP contribution in [0.2, 0.25) is 0 Å². The molecule has 29 heavy (non-hydrogen) atoms. The Morgan fingerprint density at radius 2 is 1.72 bits per heavy atom. The van der Waals surface area contributed by atoms with Gasteiger partial charge in [-0.1, -0.05) is 60.7 Å². The molecule has 0 aliphatic carbocycles. The Bertz CT molecular complexity index is 698. The summed E-state index contributed by atoms with van der Waals surface area (Å²) < 4.78 is 11.3. The Labute approximate surface area is 173 Å². The molecule has 0 spiro atoms. The fourth-order valence-corrected chi connectivity index (χ4v) is 4.04. The van der Waals surface area contributed by atoms with E-state index in [-0.39, 0.29) is 24.6 Å². The van der Waals surface area contributed by atoms with E-state index in [4.69, 9.17) is 9.47 Å². The molecule has 156 valence electrons. The lowest BCUT2D eigenvalue weighted by Crippen LogP contribution is -3.14. The van der Waals surface area contributed by atoms with Crippen LogP contribution in [0, 0.1) is 5.92 Å². The molecule has 1 saturated heterocycles. The minimum absolute atomic E-state index is 0.0618. The van der Waals surface area contributed by atoms with Crippen LogP contribution in [-0.4, -0.2) is 50.0 Å². The van der Waals surface area contributed by atoms with Crippen molar-refractivity contribution >= 4 is 5.97 Å². The first-order valence-electron chi connectivity index (χ1n) is 10.6. The van der Waals surface area contributed by atoms with Gasteiger partial charge in [-0.15, -0.1) is 0 Å². The molecular weight excluding hydrogens is 366 g/mol. The van der Waals surface area contributed by atoms with Gasteiger partial charge in [0.2, 0.25) is 0 Å². The molecule has 1 unspecified atom stereocenters. The number of hydrogen-bond donors (Lipinski definition) is 2. The number of piperidine rings is 1. The number of rotatable bonds is 9. The predicted molar refractivity (Wildman–Crippen MR) is 112 cm³/mol. The van der Waals surface area contributed by atoms with Crippen LogP contribution in [0.5, 0.6) is 0 Å². The van der Waals surface area contributed by atoms with Crippen LogP contribution < -0.4 is 4.90 Å². The van der Waals surface area contributed by atoms with E-state index in [0.717, 1.165) is 37.1 Å². The lowest BCUT2D eigenvalue weighted by atomic mass is 9.98. The Kier molecular flexibility index (Phi) is 8.23. The summed E-state index contributed by atoms with van der Waals surface area (Å²) in [6.07, 6.45) is 1.05. The van der Waals surface area contributed by atoms with Gasteiger partial charge >= 0.3 is 5.97 Å². The van der Waals surface area contributed by atoms with E-state index in [9.17, 15) is 9.90 Å². The number of esters is 1. The maximum Gasteiger partial charge on any atom is 0.314 e. The molecular formula is C24H32NO4+. The number of aliphatic hydroxyl groups excluding tert-OH is 1. The Morgan fingerprint density at radius 1 is 1.10 bits per heavy atom. The molecule has 0 radical (unpaired) electrons. The summed E-state index contributed by atoms with van der Waals surface area (Å²) in [4.78, 5) is 13.3. The first-order chi connectivity index (χ1) is 14.2. The van der Waals surface area contributed by atoms with Crippen molar-refractivity contribution in [3.63, 3.8) is 0 Å². The largest absolute Gasteiger partial charge is 0.466 e. The molecule has 3 atom stereocenters. The first kappa shape index (κ1) is 21.5. The number of nitrogens with one attached hydrogen (secondary N) is 1. The molecule has 0 saturated carbocycles. The molecule has 5 nitrogen and oxygen atoms in total. The van der Waals surface area contributed by atoms with Crippen LogP contribution >= 0.6 is 0 Å². The van der Waals surface area contributed by atoms with Crippen molar-refractivity contribution in [3.8, 4) is 0 Å². The van der Waals surface area contributed by atoms with Crippen LogP contribution in [0.1, 0.15) is 37.0 Å². The van der Waals surface area contributed by atoms with E-state index in [1.165, 1.54) is 4.90 Å². The zero-order valence-electron chi connectivity index (χ0n) is 17.1. The second kappa shape index (κ2) is 11.1. The number of aliphatic hydroxyl groups is 1. The van der Waals surface area contributed by atoms with Gasteiger partial charge in [-0.2, -0.15) is 0 Å². The second-order valence-electron chi connectivity index (χ2n) is 7.69. The van der Waals surface area contributed by atoms with E-state index >= 15 is 0 Å². The van der Waals surface area contributed by atoms with Crippen molar-refractivity contribution in [3.05, 3.63) is 71.8 Å². The first-order valence-corrected chi connectivity index (χ1v) is 10.6. The fourth-order valence-electron chi connectivity index (χ4n) is 4.04. The SMILES string of the molecule is CCOC(=O)[C@@H]1CCC[NH+](C[C@H](O)COC(c2ccccc2)c2ccccc2)C1. The summed E-state index contributed by atoms with van der Waals surface area (Å²) >= 11 is 0. The highest BCUT2D eigenvalue weighted by Crippen LogP contribution is 2.25. The van der Waals surface area contributed by atoms with Gasteiger partial charge in [-0.3, -0.25) is 4.79 Å². The number of carbonyl (C=O) groups excluding carboxylic acids is 1. The summed E-state index contributed by atoms with van der Waals surface area (Å²) in [5, 5.41) is 10.6. The molecule has 1 aliphatic rings. The van der Waals surface area contributed by atoms with Crippen LogP contribution in [0.25, 0.3) is 0 Å². The van der Waals surface area contributed by atoms with Gasteiger partial charge in [0.25, 0.3) is 0 Å². The minimum atomic E-state index is -0.583. The molecule has 0 amide bonds. The van der Waals surface area contributed by atoms with E-state index in [1.807, 2.05) is 67.6 Å². The fraction of sp³-hybridized carbons (Fsp3) is 0.458. The van der Waals surface area contributed by atoms with Crippen molar-refractivity contribution in [2.75, 3.05) is 32.8 Å². The normalized spacial score (nSPS) is 20.4. The van der Waals surface area contributed by atoms with Gasteiger partial charge in [-0.25, -0.2) is 0 Å². The van der Waals surface area contributed by atoms with Gasteiger partial charge in [0.05, 0.1) is 26.3 Å². The standard InChI is InChI=1S/C24H31NO4/c1-2-28-24(27)21-14-9-15-25(16-21)17-22(26)18-29-23(19-10-5-3-6-11-19)20-12-7-4-8-13-20/h3-8,10-13,21-23,26H,2,9,14-18H2,1H3/p+1/t21-,22+/m1/s1. The zero-order chi connectivity index (χ0) is 20.5. The zero-order valence-corrected chi connectivity index (χ0v) is 17.1. The second-order valence-corrected chi connectivity index (χ2v) is 7.69. The van der Waals surface area contributed by atoms with Gasteiger partial charge in [0.15, 0.2) is 0 Å². The third-order valence-corrected chi connectivity index (χ3v) is 5.42. The molecule has 5 heteroatoms. The number of likely N-dealkylation sites (tertiary alicyclic amines) is 1. The van der Waals surface area contributed by atoms with E-state index in [1.54, 1.807) is 0 Å². The summed E-state index contributed by atoms with van der Waals surface area (Å²) in [5.74, 6) is -0.170. The third-order valence-electron chi connectivity index (χ3n) is 5.42. The van der Waals surface area contributed by atoms with Crippen molar-refractivity contribution in [2.24, 2.45) is 5.92 Å².